The minimum atomic E-state index is -0.652. The lowest BCUT2D eigenvalue weighted by Gasteiger charge is -2.07. The van der Waals surface area contributed by atoms with Crippen molar-refractivity contribution in [1.29, 1.82) is 0 Å². The quantitative estimate of drug-likeness (QED) is 0.375. The second kappa shape index (κ2) is 8.52. The van der Waals surface area contributed by atoms with Gasteiger partial charge < -0.3 is 14.5 Å². The van der Waals surface area contributed by atoms with Gasteiger partial charge in [0.2, 0.25) is 0 Å². The molecule has 0 aliphatic rings. The van der Waals surface area contributed by atoms with Crippen LogP contribution >= 0.6 is 34.8 Å². The van der Waals surface area contributed by atoms with E-state index in [-0.39, 0.29) is 28.8 Å². The molecule has 28 heavy (non-hydrogen) atoms. The van der Waals surface area contributed by atoms with E-state index in [1.54, 1.807) is 24.3 Å². The van der Waals surface area contributed by atoms with Gasteiger partial charge in [-0.2, -0.15) is 0 Å². The summed E-state index contributed by atoms with van der Waals surface area (Å²) in [5.74, 6) is 0.0817. The summed E-state index contributed by atoms with van der Waals surface area (Å²) < 4.78 is 11.0. The fourth-order valence-corrected chi connectivity index (χ4v) is 2.89. The summed E-state index contributed by atoms with van der Waals surface area (Å²) in [6, 6.07) is 11.7. The number of nitrogens with one attached hydrogen (secondary N) is 1. The Labute approximate surface area is 173 Å². The van der Waals surface area contributed by atoms with Crippen LogP contribution in [0.15, 0.2) is 52.9 Å². The standard InChI is InChI=1S/C18H11Cl3N2O5/c19-10-2-5-16(13(21)7-10)27-9-12-3-6-17(28-12)18(24)22-14-4-1-11(20)8-15(14)23(25)26/h1-8H,9H2,(H,22,24). The lowest BCUT2D eigenvalue weighted by molar-refractivity contribution is -0.383. The van der Waals surface area contributed by atoms with Crippen LogP contribution in [0.5, 0.6) is 5.75 Å². The summed E-state index contributed by atoms with van der Waals surface area (Å²) in [5.41, 5.74) is -0.324. The lowest BCUT2D eigenvalue weighted by atomic mass is 10.2. The Hall–Kier alpha value is -2.74. The van der Waals surface area contributed by atoms with Gasteiger partial charge in [-0.25, -0.2) is 0 Å². The van der Waals surface area contributed by atoms with Crippen LogP contribution in [0.1, 0.15) is 16.3 Å². The molecule has 3 rings (SSSR count). The first kappa shape index (κ1) is 20.0. The molecule has 0 unspecified atom stereocenters. The van der Waals surface area contributed by atoms with Crippen LogP contribution in [0.25, 0.3) is 0 Å². The van der Waals surface area contributed by atoms with Gasteiger partial charge in [0.1, 0.15) is 23.8 Å². The third-order valence-electron chi connectivity index (χ3n) is 3.55. The minimum absolute atomic E-state index is 0.00143. The molecule has 1 heterocycles. The van der Waals surface area contributed by atoms with Crippen molar-refractivity contribution >= 4 is 52.1 Å². The number of nitro groups is 1. The van der Waals surface area contributed by atoms with Crippen molar-refractivity contribution in [2.75, 3.05) is 5.32 Å². The van der Waals surface area contributed by atoms with Crippen LogP contribution in [-0.4, -0.2) is 10.8 Å². The van der Waals surface area contributed by atoms with Gasteiger partial charge in [0.15, 0.2) is 5.76 Å². The number of nitrogens with zero attached hydrogens (tertiary/aromatic N) is 1. The first-order chi connectivity index (χ1) is 13.3. The molecule has 10 heteroatoms. The predicted octanol–water partition coefficient (Wildman–Crippen LogP) is 5.98. The summed E-state index contributed by atoms with van der Waals surface area (Å²) in [6.07, 6.45) is 0. The number of hydrogen-bond acceptors (Lipinski definition) is 5. The number of amides is 1. The van der Waals surface area contributed by atoms with Crippen LogP contribution in [0.3, 0.4) is 0 Å². The van der Waals surface area contributed by atoms with Crippen molar-refractivity contribution in [3.8, 4) is 5.75 Å². The lowest BCUT2D eigenvalue weighted by Crippen LogP contribution is -2.12. The molecule has 0 saturated carbocycles. The van der Waals surface area contributed by atoms with Crippen LogP contribution in [-0.2, 0) is 6.61 Å². The molecule has 0 saturated heterocycles. The molecule has 2 aromatic carbocycles. The maximum Gasteiger partial charge on any atom is 0.294 e. The predicted molar refractivity (Wildman–Crippen MR) is 106 cm³/mol. The summed E-state index contributed by atoms with van der Waals surface area (Å²) >= 11 is 17.6. The SMILES string of the molecule is O=C(Nc1ccc(Cl)cc1[N+](=O)[O-])c1ccc(COc2ccc(Cl)cc2Cl)o1. The second-order valence-electron chi connectivity index (χ2n) is 5.50. The number of anilines is 1. The van der Waals surface area contributed by atoms with Crippen molar-refractivity contribution in [3.63, 3.8) is 0 Å². The van der Waals surface area contributed by atoms with Gasteiger partial charge in [-0.3, -0.25) is 14.9 Å². The number of carbonyl (C=O) groups excluding carboxylic acids is 1. The van der Waals surface area contributed by atoms with E-state index in [1.807, 2.05) is 0 Å². The first-order valence-corrected chi connectivity index (χ1v) is 8.89. The monoisotopic (exact) mass is 440 g/mol. The molecule has 0 aliphatic heterocycles. The zero-order valence-corrected chi connectivity index (χ0v) is 16.2. The number of furan rings is 1. The fourth-order valence-electron chi connectivity index (χ4n) is 2.26. The Bertz CT molecular complexity index is 1050. The van der Waals surface area contributed by atoms with Gasteiger partial charge in [0.05, 0.1) is 9.95 Å². The molecule has 0 fully saturated rings. The highest BCUT2D eigenvalue weighted by Gasteiger charge is 2.19. The molecule has 7 nitrogen and oxygen atoms in total. The van der Waals surface area contributed by atoms with E-state index in [0.717, 1.165) is 6.07 Å². The number of ether oxygens (including phenoxy) is 1. The maximum atomic E-state index is 12.3. The van der Waals surface area contributed by atoms with Crippen LogP contribution in [0.4, 0.5) is 11.4 Å². The summed E-state index contributed by atoms with van der Waals surface area (Å²) in [6.45, 7) is 0.0235. The average Bonchev–Trinajstić information content (AvgIpc) is 3.11. The maximum absolute atomic E-state index is 12.3. The Morgan fingerprint density at radius 3 is 2.50 bits per heavy atom. The van der Waals surface area contributed by atoms with Gasteiger partial charge in [-0.1, -0.05) is 34.8 Å². The first-order valence-electron chi connectivity index (χ1n) is 7.75. The molecule has 0 aliphatic carbocycles. The Morgan fingerprint density at radius 2 is 1.79 bits per heavy atom. The zero-order chi connectivity index (χ0) is 20.3. The number of halogens is 3. The molecule has 3 aromatic rings. The molecular formula is C18H11Cl3N2O5. The molecule has 1 N–H and O–H groups in total. The highest BCUT2D eigenvalue weighted by atomic mass is 35.5. The molecule has 144 valence electrons. The number of nitro benzene ring substituents is 1. The number of benzene rings is 2. The van der Waals surface area contributed by atoms with E-state index in [9.17, 15) is 14.9 Å². The third kappa shape index (κ3) is 4.75. The number of carbonyl (C=O) groups is 1. The molecule has 0 bridgehead atoms. The molecule has 1 aromatic heterocycles. The largest absolute Gasteiger partial charge is 0.484 e. The third-order valence-corrected chi connectivity index (χ3v) is 4.32. The zero-order valence-electron chi connectivity index (χ0n) is 13.9. The van der Waals surface area contributed by atoms with E-state index >= 15 is 0 Å². The van der Waals surface area contributed by atoms with E-state index in [1.165, 1.54) is 18.2 Å². The summed E-state index contributed by atoms with van der Waals surface area (Å²) in [5, 5.41) is 14.5. The Kier molecular flexibility index (Phi) is 6.08. The minimum Gasteiger partial charge on any atom is -0.484 e. The van der Waals surface area contributed by atoms with Gasteiger partial charge in [0.25, 0.3) is 11.6 Å². The molecular weight excluding hydrogens is 431 g/mol. The van der Waals surface area contributed by atoms with Crippen molar-refractivity contribution in [2.24, 2.45) is 0 Å². The topological polar surface area (TPSA) is 94.6 Å². The van der Waals surface area contributed by atoms with Gasteiger partial charge >= 0.3 is 0 Å². The normalized spacial score (nSPS) is 10.5. The summed E-state index contributed by atoms with van der Waals surface area (Å²) in [7, 11) is 0. The van der Waals surface area contributed by atoms with Gasteiger partial charge in [0, 0.05) is 16.1 Å². The Balaban J connectivity index is 1.68. The van der Waals surface area contributed by atoms with Gasteiger partial charge in [-0.05, 0) is 42.5 Å². The molecule has 0 spiro atoms. The average molecular weight is 442 g/mol. The Morgan fingerprint density at radius 1 is 1.07 bits per heavy atom. The van der Waals surface area contributed by atoms with Gasteiger partial charge in [-0.15, -0.1) is 0 Å². The second-order valence-corrected chi connectivity index (χ2v) is 6.78. The van der Waals surface area contributed by atoms with Crippen LogP contribution in [0.2, 0.25) is 15.1 Å². The summed E-state index contributed by atoms with van der Waals surface area (Å²) in [4.78, 5) is 22.8. The van der Waals surface area contributed by atoms with E-state index in [4.69, 9.17) is 44.0 Å². The highest BCUT2D eigenvalue weighted by molar-refractivity contribution is 6.35. The van der Waals surface area contributed by atoms with Crippen molar-refractivity contribution in [3.05, 3.63) is 85.2 Å². The van der Waals surface area contributed by atoms with Crippen LogP contribution < -0.4 is 10.1 Å². The van der Waals surface area contributed by atoms with Crippen molar-refractivity contribution in [2.45, 2.75) is 6.61 Å². The number of rotatable bonds is 6. The van der Waals surface area contributed by atoms with Crippen molar-refractivity contribution in [1.82, 2.24) is 0 Å². The van der Waals surface area contributed by atoms with E-state index in [2.05, 4.69) is 5.32 Å². The molecule has 1 amide bonds. The van der Waals surface area contributed by atoms with Crippen molar-refractivity contribution < 1.29 is 18.9 Å². The fraction of sp³-hybridized carbons (Fsp3) is 0.0556. The van der Waals surface area contributed by atoms with E-state index in [0.29, 0.717) is 21.6 Å². The highest BCUT2D eigenvalue weighted by Crippen LogP contribution is 2.29. The molecule has 0 radical (unpaired) electrons. The number of hydrogen-bond donors (Lipinski definition) is 1. The van der Waals surface area contributed by atoms with E-state index < -0.39 is 10.8 Å². The van der Waals surface area contributed by atoms with Crippen LogP contribution in [0, 0.1) is 10.1 Å². The smallest absolute Gasteiger partial charge is 0.294 e. The molecule has 0 atom stereocenters.